The van der Waals surface area contributed by atoms with Crippen LogP contribution >= 0.6 is 39.1 Å². The second-order valence-corrected chi connectivity index (χ2v) is 4.05. The Hall–Kier alpha value is -0.390. The molecule has 0 atom stereocenters. The fourth-order valence-corrected chi connectivity index (χ4v) is 1.74. The van der Waals surface area contributed by atoms with Gasteiger partial charge in [0.25, 0.3) is 0 Å². The summed E-state index contributed by atoms with van der Waals surface area (Å²) in [5.41, 5.74) is 0.0432. The van der Waals surface area contributed by atoms with Crippen LogP contribution in [0.5, 0.6) is 5.75 Å². The molecule has 2 nitrogen and oxygen atoms in total. The van der Waals surface area contributed by atoms with Crippen molar-refractivity contribution in [2.24, 2.45) is 0 Å². The van der Waals surface area contributed by atoms with Crippen LogP contribution in [0.25, 0.3) is 0 Å². The number of halogens is 5. The summed E-state index contributed by atoms with van der Waals surface area (Å²) in [7, 11) is 0. The maximum absolute atomic E-state index is 12.0. The molecule has 0 unspecified atom stereocenters. The molecule has 0 fully saturated rings. The lowest BCUT2D eigenvalue weighted by Gasteiger charge is -2.09. The maximum atomic E-state index is 12.0. The number of Topliss-reactive ketones (excluding diaryl/α,β-unsaturated/α-hetero) is 1. The molecule has 1 aromatic rings. The average Bonchev–Trinajstić information content (AvgIpc) is 2.21. The minimum atomic E-state index is -2.98. The van der Waals surface area contributed by atoms with Crippen LogP contribution in [-0.4, -0.2) is 17.7 Å². The van der Waals surface area contributed by atoms with Gasteiger partial charge in [0.05, 0.1) is 15.4 Å². The number of benzene rings is 1. The van der Waals surface area contributed by atoms with Crippen molar-refractivity contribution in [2.45, 2.75) is 6.61 Å². The second kappa shape index (κ2) is 5.80. The third-order valence-corrected chi connectivity index (χ3v) is 2.96. The van der Waals surface area contributed by atoms with Crippen molar-refractivity contribution in [2.75, 3.05) is 5.33 Å². The van der Waals surface area contributed by atoms with E-state index in [9.17, 15) is 13.6 Å². The summed E-state index contributed by atoms with van der Waals surface area (Å²) in [6.07, 6.45) is 0. The van der Waals surface area contributed by atoms with Crippen LogP contribution in [0, 0.1) is 0 Å². The number of alkyl halides is 3. The van der Waals surface area contributed by atoms with Crippen molar-refractivity contribution in [3.8, 4) is 5.75 Å². The van der Waals surface area contributed by atoms with Gasteiger partial charge in [-0.25, -0.2) is 0 Å². The van der Waals surface area contributed by atoms with Gasteiger partial charge in [-0.05, 0) is 6.07 Å². The zero-order valence-corrected chi connectivity index (χ0v) is 10.7. The molecule has 0 spiro atoms. The Morgan fingerprint density at radius 1 is 1.44 bits per heavy atom. The molecule has 1 aromatic carbocycles. The van der Waals surface area contributed by atoms with E-state index in [-0.39, 0.29) is 32.5 Å². The molecule has 0 aliphatic carbocycles. The van der Waals surface area contributed by atoms with Crippen molar-refractivity contribution < 1.29 is 18.3 Å². The van der Waals surface area contributed by atoms with Crippen LogP contribution in [0.4, 0.5) is 8.78 Å². The van der Waals surface area contributed by atoms with Gasteiger partial charge in [0, 0.05) is 11.6 Å². The van der Waals surface area contributed by atoms with Gasteiger partial charge in [0.1, 0.15) is 5.75 Å². The van der Waals surface area contributed by atoms with Gasteiger partial charge in [0.2, 0.25) is 0 Å². The van der Waals surface area contributed by atoms with Crippen LogP contribution in [0.1, 0.15) is 10.4 Å². The summed E-state index contributed by atoms with van der Waals surface area (Å²) in [4.78, 5) is 11.4. The molecule has 88 valence electrons. The first kappa shape index (κ1) is 13.7. The van der Waals surface area contributed by atoms with E-state index in [0.29, 0.717) is 0 Å². The van der Waals surface area contributed by atoms with Crippen molar-refractivity contribution in [3.05, 3.63) is 27.7 Å². The molecule has 0 bridgehead atoms. The summed E-state index contributed by atoms with van der Waals surface area (Å²) in [5, 5.41) is 0.0260. The number of rotatable bonds is 4. The van der Waals surface area contributed by atoms with E-state index in [1.165, 1.54) is 0 Å². The lowest BCUT2D eigenvalue weighted by molar-refractivity contribution is -0.0498. The molecule has 0 saturated heterocycles. The molecular formula is C9H5BrCl2F2O2. The molecule has 0 saturated carbocycles. The molecule has 0 aromatic heterocycles. The van der Waals surface area contributed by atoms with Gasteiger partial charge in [-0.3, -0.25) is 4.79 Å². The minimum absolute atomic E-state index is 0.0101. The molecule has 16 heavy (non-hydrogen) atoms. The van der Waals surface area contributed by atoms with Gasteiger partial charge < -0.3 is 4.74 Å². The quantitative estimate of drug-likeness (QED) is 0.610. The number of hydrogen-bond acceptors (Lipinski definition) is 2. The zero-order chi connectivity index (χ0) is 12.3. The van der Waals surface area contributed by atoms with Crippen LogP contribution < -0.4 is 4.74 Å². The predicted molar refractivity (Wildman–Crippen MR) is 61.2 cm³/mol. The van der Waals surface area contributed by atoms with E-state index in [1.807, 2.05) is 0 Å². The predicted octanol–water partition coefficient (Wildman–Crippen LogP) is 4.17. The van der Waals surface area contributed by atoms with E-state index in [2.05, 4.69) is 20.7 Å². The van der Waals surface area contributed by atoms with E-state index in [0.717, 1.165) is 12.1 Å². The lowest BCUT2D eigenvalue weighted by Crippen LogP contribution is -2.05. The Morgan fingerprint density at radius 2 is 2.06 bits per heavy atom. The topological polar surface area (TPSA) is 26.3 Å². The molecule has 0 aliphatic heterocycles. The third-order valence-electron chi connectivity index (χ3n) is 1.65. The first-order chi connectivity index (χ1) is 7.45. The third kappa shape index (κ3) is 3.30. The number of hydrogen-bond donors (Lipinski definition) is 0. The van der Waals surface area contributed by atoms with Crippen molar-refractivity contribution in [1.29, 1.82) is 0 Å². The molecule has 1 rings (SSSR count). The molecule has 0 aliphatic rings. The fourth-order valence-electron chi connectivity index (χ4n) is 1.01. The smallest absolute Gasteiger partial charge is 0.387 e. The van der Waals surface area contributed by atoms with Gasteiger partial charge in [0.15, 0.2) is 5.78 Å². The van der Waals surface area contributed by atoms with Crippen molar-refractivity contribution in [3.63, 3.8) is 0 Å². The first-order valence-electron chi connectivity index (χ1n) is 3.98. The lowest BCUT2D eigenvalue weighted by atomic mass is 10.1. The molecule has 7 heteroatoms. The fraction of sp³-hybridized carbons (Fsp3) is 0.222. The Kier molecular flexibility index (Phi) is 4.95. The first-order valence-corrected chi connectivity index (χ1v) is 5.86. The molecule has 0 N–H and O–H groups in total. The summed E-state index contributed by atoms with van der Waals surface area (Å²) < 4.78 is 28.1. The molecule has 0 amide bonds. The molecule has 0 heterocycles. The summed E-state index contributed by atoms with van der Waals surface area (Å²) >= 11 is 14.4. The molecule has 0 radical (unpaired) electrons. The molecular weight excluding hydrogens is 329 g/mol. The summed E-state index contributed by atoms with van der Waals surface area (Å²) in [6, 6.07) is 2.25. The summed E-state index contributed by atoms with van der Waals surface area (Å²) in [6.45, 7) is -2.98. The monoisotopic (exact) mass is 332 g/mol. The normalized spacial score (nSPS) is 10.6. The minimum Gasteiger partial charge on any atom is -0.435 e. The Bertz CT molecular complexity index is 413. The van der Waals surface area contributed by atoms with Crippen molar-refractivity contribution in [1.82, 2.24) is 0 Å². The highest BCUT2D eigenvalue weighted by molar-refractivity contribution is 9.09. The Labute approximate surface area is 109 Å². The number of carbonyl (C=O) groups excluding carboxylic acids is 1. The summed E-state index contributed by atoms with van der Waals surface area (Å²) in [5.74, 6) is -0.569. The number of ether oxygens (including phenoxy) is 1. The van der Waals surface area contributed by atoms with Gasteiger partial charge in [-0.2, -0.15) is 8.78 Å². The SMILES string of the molecule is O=C(CBr)c1cc(OC(F)F)cc(Cl)c1Cl. The average molecular weight is 334 g/mol. The van der Waals surface area contributed by atoms with Crippen molar-refractivity contribution >= 4 is 44.9 Å². The standard InChI is InChI=1S/C9H5BrCl2F2O2/c10-3-7(15)5-1-4(16-9(13)14)2-6(11)8(5)12/h1-2,9H,3H2. The maximum Gasteiger partial charge on any atom is 0.387 e. The number of carbonyl (C=O) groups is 1. The number of ketones is 1. The zero-order valence-electron chi connectivity index (χ0n) is 7.65. The van der Waals surface area contributed by atoms with Crippen LogP contribution in [0.2, 0.25) is 10.0 Å². The highest BCUT2D eigenvalue weighted by Gasteiger charge is 2.16. The van der Waals surface area contributed by atoms with Crippen LogP contribution in [0.3, 0.4) is 0 Å². The Balaban J connectivity index is 3.16. The van der Waals surface area contributed by atoms with Gasteiger partial charge >= 0.3 is 6.61 Å². The van der Waals surface area contributed by atoms with Gasteiger partial charge in [-0.1, -0.05) is 39.1 Å². The van der Waals surface area contributed by atoms with Gasteiger partial charge in [-0.15, -0.1) is 0 Å². The highest BCUT2D eigenvalue weighted by atomic mass is 79.9. The van der Waals surface area contributed by atoms with E-state index >= 15 is 0 Å². The van der Waals surface area contributed by atoms with Crippen LogP contribution in [0.15, 0.2) is 12.1 Å². The van der Waals surface area contributed by atoms with Crippen LogP contribution in [-0.2, 0) is 0 Å². The van der Waals surface area contributed by atoms with E-state index in [4.69, 9.17) is 23.2 Å². The second-order valence-electron chi connectivity index (χ2n) is 2.70. The van der Waals surface area contributed by atoms with E-state index in [1.54, 1.807) is 0 Å². The Morgan fingerprint density at radius 3 is 2.56 bits per heavy atom. The largest absolute Gasteiger partial charge is 0.435 e. The highest BCUT2D eigenvalue weighted by Crippen LogP contribution is 2.32. The van der Waals surface area contributed by atoms with E-state index < -0.39 is 6.61 Å².